The highest BCUT2D eigenvalue weighted by molar-refractivity contribution is 5.75. The van der Waals surface area contributed by atoms with E-state index in [0.717, 1.165) is 19.5 Å². The van der Waals surface area contributed by atoms with Gasteiger partial charge in [0, 0.05) is 19.0 Å². The van der Waals surface area contributed by atoms with Crippen LogP contribution in [0.25, 0.3) is 0 Å². The lowest BCUT2D eigenvalue weighted by Gasteiger charge is -2.22. The summed E-state index contributed by atoms with van der Waals surface area (Å²) in [6.45, 7) is 7.46. The Labute approximate surface area is 90.3 Å². The number of rotatable bonds is 1. The average Bonchev–Trinajstić information content (AvgIpc) is 2.56. The fourth-order valence-electron chi connectivity index (χ4n) is 2.16. The summed E-state index contributed by atoms with van der Waals surface area (Å²) in [7, 11) is 0. The van der Waals surface area contributed by atoms with Crippen molar-refractivity contribution in [2.45, 2.75) is 45.0 Å². The third kappa shape index (κ3) is 2.49. The zero-order chi connectivity index (χ0) is 11.1. The van der Waals surface area contributed by atoms with E-state index in [-0.39, 0.29) is 18.2 Å². The summed E-state index contributed by atoms with van der Waals surface area (Å²) >= 11 is 0. The molecule has 0 aliphatic carbocycles. The standard InChI is InChI=1S/C11H19NO3/c1-11(2,3)15-10(13)8-4-7-5-12-6-9(7)14-8/h7-9,12H,4-6H2,1-3H3. The lowest BCUT2D eigenvalue weighted by molar-refractivity contribution is -0.167. The van der Waals surface area contributed by atoms with E-state index in [9.17, 15) is 4.79 Å². The van der Waals surface area contributed by atoms with Gasteiger partial charge >= 0.3 is 5.97 Å². The van der Waals surface area contributed by atoms with Gasteiger partial charge in [-0.25, -0.2) is 4.79 Å². The minimum Gasteiger partial charge on any atom is -0.458 e. The molecule has 15 heavy (non-hydrogen) atoms. The van der Waals surface area contributed by atoms with Gasteiger partial charge in [0.2, 0.25) is 0 Å². The van der Waals surface area contributed by atoms with Crippen molar-refractivity contribution in [2.75, 3.05) is 13.1 Å². The van der Waals surface area contributed by atoms with Crippen molar-refractivity contribution in [2.24, 2.45) is 5.92 Å². The topological polar surface area (TPSA) is 47.6 Å². The number of hydrogen-bond donors (Lipinski definition) is 1. The Hall–Kier alpha value is -0.610. The highest BCUT2D eigenvalue weighted by atomic mass is 16.6. The van der Waals surface area contributed by atoms with Gasteiger partial charge in [0.05, 0.1) is 6.10 Å². The molecule has 0 aromatic rings. The molecule has 3 unspecified atom stereocenters. The minimum absolute atomic E-state index is 0.211. The lowest BCUT2D eigenvalue weighted by Crippen LogP contribution is -2.33. The molecule has 0 amide bonds. The SMILES string of the molecule is CC(C)(C)OC(=O)C1CC2CNCC2O1. The van der Waals surface area contributed by atoms with Crippen LogP contribution < -0.4 is 5.32 Å². The van der Waals surface area contributed by atoms with Gasteiger partial charge in [0.25, 0.3) is 0 Å². The van der Waals surface area contributed by atoms with Gasteiger partial charge in [0.15, 0.2) is 6.10 Å². The molecule has 2 aliphatic rings. The molecule has 3 atom stereocenters. The lowest BCUT2D eigenvalue weighted by atomic mass is 10.0. The third-order valence-corrected chi connectivity index (χ3v) is 2.80. The molecule has 1 N–H and O–H groups in total. The largest absolute Gasteiger partial charge is 0.458 e. The summed E-state index contributed by atoms with van der Waals surface area (Å²) in [5.74, 6) is 0.277. The molecule has 0 radical (unpaired) electrons. The molecular formula is C11H19NO3. The zero-order valence-electron chi connectivity index (χ0n) is 9.58. The van der Waals surface area contributed by atoms with E-state index in [4.69, 9.17) is 9.47 Å². The van der Waals surface area contributed by atoms with Crippen LogP contribution >= 0.6 is 0 Å². The summed E-state index contributed by atoms with van der Waals surface area (Å²) in [5, 5.41) is 3.25. The first kappa shape index (κ1) is 10.9. The molecule has 4 nitrogen and oxygen atoms in total. The highest BCUT2D eigenvalue weighted by Gasteiger charge is 2.42. The third-order valence-electron chi connectivity index (χ3n) is 2.80. The second-order valence-electron chi connectivity index (χ2n) is 5.35. The molecule has 2 heterocycles. The average molecular weight is 213 g/mol. The van der Waals surface area contributed by atoms with Gasteiger partial charge in [-0.05, 0) is 27.2 Å². The summed E-state index contributed by atoms with van der Waals surface area (Å²) in [6.07, 6.45) is 0.663. The smallest absolute Gasteiger partial charge is 0.335 e. The van der Waals surface area contributed by atoms with Gasteiger partial charge in [0.1, 0.15) is 5.60 Å². The number of esters is 1. The van der Waals surface area contributed by atoms with Crippen molar-refractivity contribution < 1.29 is 14.3 Å². The number of ether oxygens (including phenoxy) is 2. The van der Waals surface area contributed by atoms with E-state index in [1.807, 2.05) is 20.8 Å². The van der Waals surface area contributed by atoms with Crippen LogP contribution in [0.1, 0.15) is 27.2 Å². The van der Waals surface area contributed by atoms with Crippen molar-refractivity contribution in [3.05, 3.63) is 0 Å². The van der Waals surface area contributed by atoms with Gasteiger partial charge in [-0.1, -0.05) is 0 Å². The Morgan fingerprint density at radius 1 is 1.40 bits per heavy atom. The first-order valence-corrected chi connectivity index (χ1v) is 5.55. The molecule has 4 heteroatoms. The molecule has 2 rings (SSSR count). The Kier molecular flexibility index (Phi) is 2.73. The van der Waals surface area contributed by atoms with Crippen molar-refractivity contribution in [1.29, 1.82) is 0 Å². The fraction of sp³-hybridized carbons (Fsp3) is 0.909. The van der Waals surface area contributed by atoms with E-state index in [1.54, 1.807) is 0 Å². The molecule has 0 spiro atoms. The van der Waals surface area contributed by atoms with E-state index < -0.39 is 5.60 Å². The van der Waals surface area contributed by atoms with E-state index in [1.165, 1.54) is 0 Å². The van der Waals surface area contributed by atoms with Crippen molar-refractivity contribution in [1.82, 2.24) is 5.32 Å². The first-order valence-electron chi connectivity index (χ1n) is 5.55. The van der Waals surface area contributed by atoms with E-state index in [0.29, 0.717) is 5.92 Å². The highest BCUT2D eigenvalue weighted by Crippen LogP contribution is 2.30. The van der Waals surface area contributed by atoms with Crippen LogP contribution in [0, 0.1) is 5.92 Å². The first-order chi connectivity index (χ1) is 6.96. The molecule has 2 fully saturated rings. The number of carbonyl (C=O) groups is 1. The molecule has 86 valence electrons. The maximum atomic E-state index is 11.7. The molecule has 2 aliphatic heterocycles. The predicted molar refractivity (Wildman–Crippen MR) is 55.5 cm³/mol. The number of hydrogen-bond acceptors (Lipinski definition) is 4. The second kappa shape index (κ2) is 3.76. The van der Waals surface area contributed by atoms with Gasteiger partial charge in [-0.15, -0.1) is 0 Å². The monoisotopic (exact) mass is 213 g/mol. The number of nitrogens with one attached hydrogen (secondary N) is 1. The van der Waals surface area contributed by atoms with Crippen molar-refractivity contribution in [3.8, 4) is 0 Å². The van der Waals surface area contributed by atoms with Crippen LogP contribution in [0.3, 0.4) is 0 Å². The Morgan fingerprint density at radius 3 is 2.73 bits per heavy atom. The number of fused-ring (bicyclic) bond motifs is 1. The fourth-order valence-corrected chi connectivity index (χ4v) is 2.16. The Morgan fingerprint density at radius 2 is 2.13 bits per heavy atom. The van der Waals surface area contributed by atoms with Crippen molar-refractivity contribution >= 4 is 5.97 Å². The normalized spacial score (nSPS) is 35.3. The van der Waals surface area contributed by atoms with Crippen LogP contribution in [0.4, 0.5) is 0 Å². The van der Waals surface area contributed by atoms with Gasteiger partial charge in [-0.3, -0.25) is 0 Å². The zero-order valence-corrected chi connectivity index (χ0v) is 9.58. The maximum absolute atomic E-state index is 11.7. The summed E-state index contributed by atoms with van der Waals surface area (Å²) in [6, 6.07) is 0. The minimum atomic E-state index is -0.420. The van der Waals surface area contributed by atoms with Crippen LogP contribution in [-0.2, 0) is 14.3 Å². The molecule has 0 aromatic carbocycles. The Balaban J connectivity index is 1.88. The molecular weight excluding hydrogens is 194 g/mol. The van der Waals surface area contributed by atoms with Crippen LogP contribution in [0.2, 0.25) is 0 Å². The van der Waals surface area contributed by atoms with Crippen LogP contribution in [0.5, 0.6) is 0 Å². The van der Waals surface area contributed by atoms with Crippen LogP contribution in [0.15, 0.2) is 0 Å². The number of carbonyl (C=O) groups excluding carboxylic acids is 1. The van der Waals surface area contributed by atoms with Crippen LogP contribution in [-0.4, -0.2) is 36.9 Å². The molecule has 0 bridgehead atoms. The van der Waals surface area contributed by atoms with E-state index in [2.05, 4.69) is 5.32 Å². The van der Waals surface area contributed by atoms with E-state index >= 15 is 0 Å². The molecule has 0 saturated carbocycles. The summed E-state index contributed by atoms with van der Waals surface area (Å²) in [5.41, 5.74) is -0.420. The second-order valence-corrected chi connectivity index (χ2v) is 5.35. The van der Waals surface area contributed by atoms with Gasteiger partial charge < -0.3 is 14.8 Å². The van der Waals surface area contributed by atoms with Crippen molar-refractivity contribution in [3.63, 3.8) is 0 Å². The van der Waals surface area contributed by atoms with Gasteiger partial charge in [-0.2, -0.15) is 0 Å². The summed E-state index contributed by atoms with van der Waals surface area (Å²) < 4.78 is 11.0. The predicted octanol–water partition coefficient (Wildman–Crippen LogP) is 0.705. The quantitative estimate of drug-likeness (QED) is 0.651. The summed E-state index contributed by atoms with van der Waals surface area (Å²) in [4.78, 5) is 11.7. The molecule has 2 saturated heterocycles. The maximum Gasteiger partial charge on any atom is 0.335 e. The Bertz CT molecular complexity index is 247. The molecule has 0 aromatic heterocycles.